The smallest absolute Gasteiger partial charge is 0.260 e. The maximum Gasteiger partial charge on any atom is 0.260 e. The van der Waals surface area contributed by atoms with Gasteiger partial charge in [0.25, 0.3) is 11.8 Å². The topological polar surface area (TPSA) is 146 Å². The van der Waals surface area contributed by atoms with Crippen molar-refractivity contribution in [3.05, 3.63) is 150 Å². The van der Waals surface area contributed by atoms with Gasteiger partial charge in [-0.2, -0.15) is 5.01 Å². The first-order valence-electron chi connectivity index (χ1n) is 18.8. The molecule has 3 fully saturated rings. The highest BCUT2D eigenvalue weighted by Gasteiger charge is 2.71. The van der Waals surface area contributed by atoms with Gasteiger partial charge in [-0.05, 0) is 91.9 Å². The molecular weight excluding hydrogens is 709 g/mol. The van der Waals surface area contributed by atoms with E-state index in [1.54, 1.807) is 36.4 Å². The van der Waals surface area contributed by atoms with Crippen LogP contribution in [0.1, 0.15) is 41.4 Å². The summed E-state index contributed by atoms with van der Waals surface area (Å²) < 4.78 is 12.2. The number of hydrogen-bond acceptors (Lipinski definition) is 9. The Hall–Kier alpha value is -6.59. The number of nitrogens with one attached hydrogen (secondary N) is 1. The van der Waals surface area contributed by atoms with E-state index in [2.05, 4.69) is 10.4 Å². The Morgan fingerprint density at radius 1 is 0.804 bits per heavy atom. The largest absolute Gasteiger partial charge is 0.463 e. The minimum atomic E-state index is -1.46. The zero-order chi connectivity index (χ0) is 38.3. The van der Waals surface area contributed by atoms with E-state index in [1.807, 2.05) is 91.9 Å². The van der Waals surface area contributed by atoms with Gasteiger partial charge in [-0.25, -0.2) is 4.98 Å². The molecule has 4 aromatic carbocycles. The van der Waals surface area contributed by atoms with Gasteiger partial charge >= 0.3 is 0 Å². The third kappa shape index (κ3) is 4.90. The molecule has 2 N–H and O–H groups in total. The molecule has 56 heavy (non-hydrogen) atoms. The van der Waals surface area contributed by atoms with Crippen molar-refractivity contribution < 1.29 is 33.1 Å². The Kier molecular flexibility index (Phi) is 7.72. The summed E-state index contributed by atoms with van der Waals surface area (Å²) in [5.74, 6) is -4.11. The second-order valence-corrected chi connectivity index (χ2v) is 15.1. The Balaban J connectivity index is 1.06. The second-order valence-electron chi connectivity index (χ2n) is 15.1. The average molecular weight is 745 g/mol. The van der Waals surface area contributed by atoms with Crippen LogP contribution in [0.15, 0.2) is 136 Å². The molecular formula is C45H36N4O7. The number of furan rings is 1. The molecule has 278 valence electrons. The fourth-order valence-corrected chi connectivity index (χ4v) is 9.69. The molecule has 0 unspecified atom stereocenters. The normalized spacial score (nSPS) is 25.7. The van der Waals surface area contributed by atoms with Crippen LogP contribution in [0.2, 0.25) is 0 Å². The second kappa shape index (κ2) is 12.7. The van der Waals surface area contributed by atoms with Gasteiger partial charge in [0.05, 0.1) is 35.0 Å². The van der Waals surface area contributed by atoms with Gasteiger partial charge in [-0.15, -0.1) is 0 Å². The van der Waals surface area contributed by atoms with E-state index in [4.69, 9.17) is 8.83 Å². The number of para-hydroxylation sites is 2. The zero-order valence-electron chi connectivity index (χ0n) is 30.3. The molecule has 11 nitrogen and oxygen atoms in total. The molecule has 6 atom stereocenters. The number of aryl methyl sites for hydroxylation is 1. The number of carbonyl (C=O) groups excluding carboxylic acids is 4. The number of amides is 4. The molecule has 4 aliphatic rings. The predicted molar refractivity (Wildman–Crippen MR) is 205 cm³/mol. The van der Waals surface area contributed by atoms with Crippen LogP contribution in [0.4, 0.5) is 11.4 Å². The van der Waals surface area contributed by atoms with Crippen LogP contribution in [-0.4, -0.2) is 38.7 Å². The van der Waals surface area contributed by atoms with Crippen molar-refractivity contribution in [2.24, 2.45) is 23.7 Å². The van der Waals surface area contributed by atoms with Crippen molar-refractivity contribution in [2.45, 2.75) is 37.7 Å². The number of oxazole rings is 1. The number of anilines is 2. The third-order valence-corrected chi connectivity index (χ3v) is 12.2. The van der Waals surface area contributed by atoms with Gasteiger partial charge in [0.1, 0.15) is 29.1 Å². The van der Waals surface area contributed by atoms with E-state index in [0.29, 0.717) is 45.5 Å². The SMILES string of the molecule is Cc1ccc(NN2C(=O)[C@@H]3C[C@@H]4C(=CC[C@@H]5C(=O)N(c6ccc(-c7nc8ccccc8o7)cc6)C(=O)[C@@H]54)[C@H](c4ccc(CO)o4)[C@]3(c3ccccc3)C2=O)cc1. The van der Waals surface area contributed by atoms with Crippen LogP contribution >= 0.6 is 0 Å². The molecule has 6 aromatic rings. The van der Waals surface area contributed by atoms with Gasteiger partial charge in [0.2, 0.25) is 17.7 Å². The number of aliphatic hydroxyl groups excluding tert-OH is 1. The number of allylic oxidation sites excluding steroid dienone is 2. The summed E-state index contributed by atoms with van der Waals surface area (Å²) >= 11 is 0. The number of rotatable bonds is 7. The first-order chi connectivity index (χ1) is 27.3. The number of fused-ring (bicyclic) bond motifs is 5. The number of hydrazine groups is 1. The molecule has 1 saturated carbocycles. The zero-order valence-corrected chi connectivity index (χ0v) is 30.3. The van der Waals surface area contributed by atoms with Crippen LogP contribution in [-0.2, 0) is 31.2 Å². The fourth-order valence-electron chi connectivity index (χ4n) is 9.69. The minimum absolute atomic E-state index is 0.159. The Bertz CT molecular complexity index is 2560. The summed E-state index contributed by atoms with van der Waals surface area (Å²) in [4.78, 5) is 64.9. The van der Waals surface area contributed by atoms with Gasteiger partial charge in [0.15, 0.2) is 5.58 Å². The average Bonchev–Trinajstić information content (AvgIpc) is 3.99. The number of aliphatic hydroxyl groups is 1. The first kappa shape index (κ1) is 33.9. The maximum absolute atomic E-state index is 15.2. The molecule has 2 aromatic heterocycles. The molecule has 2 saturated heterocycles. The number of imide groups is 2. The van der Waals surface area contributed by atoms with Crippen molar-refractivity contribution in [1.82, 2.24) is 9.99 Å². The molecule has 2 aliphatic carbocycles. The Morgan fingerprint density at radius 3 is 2.29 bits per heavy atom. The van der Waals surface area contributed by atoms with Crippen molar-refractivity contribution in [2.75, 3.05) is 10.3 Å². The van der Waals surface area contributed by atoms with Crippen LogP contribution in [0, 0.1) is 30.6 Å². The van der Waals surface area contributed by atoms with Gasteiger partial charge in [-0.1, -0.05) is 71.8 Å². The monoisotopic (exact) mass is 744 g/mol. The highest BCUT2D eigenvalue weighted by atomic mass is 16.4. The standard InChI is InChI=1S/C45H36N4O7/c1-25-11-15-28(16-12-25)47-49-42(52)34-23-33-31(39(37-22-19-30(24-50)55-37)45(34,44(49)54)27-7-3-2-4-8-27)20-21-32-38(33)43(53)48(41(32)51)29-17-13-26(14-18-29)40-46-35-9-5-6-10-36(35)56-40/h2-20,22,32-34,38-39,47,50H,21,23-24H2,1H3/t32-,33+,34-,38-,39+,45+/m0/s1. The van der Waals surface area contributed by atoms with Gasteiger partial charge in [-0.3, -0.25) is 29.5 Å². The Labute approximate surface area is 321 Å². The quantitative estimate of drug-likeness (QED) is 0.129. The lowest BCUT2D eigenvalue weighted by molar-refractivity contribution is -0.138. The van der Waals surface area contributed by atoms with Crippen molar-refractivity contribution >= 4 is 46.1 Å². The van der Waals surface area contributed by atoms with Crippen molar-refractivity contribution in [1.29, 1.82) is 0 Å². The lowest BCUT2D eigenvalue weighted by Crippen LogP contribution is -2.53. The van der Waals surface area contributed by atoms with Crippen LogP contribution in [0.25, 0.3) is 22.6 Å². The Morgan fingerprint density at radius 2 is 1.55 bits per heavy atom. The first-order valence-corrected chi connectivity index (χ1v) is 18.8. The highest BCUT2D eigenvalue weighted by Crippen LogP contribution is 2.64. The van der Waals surface area contributed by atoms with Gasteiger partial charge < -0.3 is 13.9 Å². The summed E-state index contributed by atoms with van der Waals surface area (Å²) in [7, 11) is 0. The highest BCUT2D eigenvalue weighted by molar-refractivity contribution is 6.22. The van der Waals surface area contributed by atoms with E-state index < -0.39 is 46.8 Å². The molecule has 0 spiro atoms. The van der Waals surface area contributed by atoms with Crippen LogP contribution in [0.3, 0.4) is 0 Å². The van der Waals surface area contributed by atoms with Crippen molar-refractivity contribution in [3.8, 4) is 11.5 Å². The third-order valence-electron chi connectivity index (χ3n) is 12.2. The maximum atomic E-state index is 15.2. The van der Waals surface area contributed by atoms with Gasteiger partial charge in [0, 0.05) is 5.56 Å². The number of nitrogens with zero attached hydrogens (tertiary/aromatic N) is 3. The van der Waals surface area contributed by atoms with Crippen molar-refractivity contribution in [3.63, 3.8) is 0 Å². The lowest BCUT2D eigenvalue weighted by atomic mass is 9.50. The minimum Gasteiger partial charge on any atom is -0.463 e. The van der Waals surface area contributed by atoms with E-state index in [0.717, 1.165) is 21.7 Å². The molecule has 10 rings (SSSR count). The number of carbonyl (C=O) groups is 4. The molecule has 0 bridgehead atoms. The lowest BCUT2D eigenvalue weighted by Gasteiger charge is -2.49. The molecule has 4 heterocycles. The summed E-state index contributed by atoms with van der Waals surface area (Å²) in [5.41, 5.74) is 7.18. The van der Waals surface area contributed by atoms with E-state index in [1.165, 1.54) is 4.90 Å². The van der Waals surface area contributed by atoms with Crippen LogP contribution < -0.4 is 10.3 Å². The number of aromatic nitrogens is 1. The summed E-state index contributed by atoms with van der Waals surface area (Å²) in [6, 6.07) is 34.6. The van der Waals surface area contributed by atoms with Crippen LogP contribution in [0.5, 0.6) is 0 Å². The molecule has 4 amide bonds. The summed E-state index contributed by atoms with van der Waals surface area (Å²) in [5, 5.41) is 11.2. The van der Waals surface area contributed by atoms with E-state index in [9.17, 15) is 19.5 Å². The predicted octanol–water partition coefficient (Wildman–Crippen LogP) is 7.08. The summed E-state index contributed by atoms with van der Waals surface area (Å²) in [6.07, 6.45) is 2.41. The van der Waals surface area contributed by atoms with E-state index >= 15 is 4.79 Å². The molecule has 0 radical (unpaired) electrons. The molecule has 2 aliphatic heterocycles. The van der Waals surface area contributed by atoms with E-state index in [-0.39, 0.29) is 31.3 Å². The summed E-state index contributed by atoms with van der Waals surface area (Å²) in [6.45, 7) is 1.60. The number of hydrogen-bond donors (Lipinski definition) is 2. The molecule has 11 heteroatoms. The number of benzene rings is 4. The fraction of sp³-hybridized carbons (Fsp3) is 0.222.